The molecule has 1 aromatic carbocycles. The Hall–Kier alpha value is -2.36. The van der Waals surface area contributed by atoms with Gasteiger partial charge >= 0.3 is 5.97 Å². The van der Waals surface area contributed by atoms with Crippen molar-refractivity contribution >= 4 is 11.7 Å². The number of rotatable bonds is 3. The molecule has 4 nitrogen and oxygen atoms in total. The van der Waals surface area contributed by atoms with Crippen LogP contribution in [-0.4, -0.2) is 24.1 Å². The number of aromatic nitrogens is 1. The van der Waals surface area contributed by atoms with Crippen LogP contribution < -0.4 is 5.32 Å². The van der Waals surface area contributed by atoms with Gasteiger partial charge in [0, 0.05) is 17.9 Å². The van der Waals surface area contributed by atoms with E-state index in [1.807, 2.05) is 6.07 Å². The minimum absolute atomic E-state index is 0.332. The summed E-state index contributed by atoms with van der Waals surface area (Å²) in [5.41, 5.74) is 4.09. The van der Waals surface area contributed by atoms with E-state index in [0.717, 1.165) is 24.9 Å². The number of hydrogen-bond acceptors (Lipinski definition) is 4. The first-order valence-electron chi connectivity index (χ1n) is 7.14. The zero-order valence-corrected chi connectivity index (χ0v) is 12.0. The summed E-state index contributed by atoms with van der Waals surface area (Å²) in [6.07, 6.45) is 4.81. The number of carbonyl (C=O) groups excluding carboxylic acids is 1. The SMILES string of the molecule is COC(=O)c1cc(NC2CCc3ccccc3C2)ccn1. The molecule has 0 saturated carbocycles. The molecule has 0 fully saturated rings. The number of nitrogens with zero attached hydrogens (tertiary/aromatic N) is 1. The van der Waals surface area contributed by atoms with Crippen LogP contribution >= 0.6 is 0 Å². The maximum Gasteiger partial charge on any atom is 0.356 e. The second-order valence-corrected chi connectivity index (χ2v) is 5.27. The van der Waals surface area contributed by atoms with Crippen LogP contribution in [0.5, 0.6) is 0 Å². The minimum Gasteiger partial charge on any atom is -0.464 e. The average Bonchev–Trinajstić information content (AvgIpc) is 2.54. The van der Waals surface area contributed by atoms with Crippen molar-refractivity contribution in [2.24, 2.45) is 0 Å². The molecule has 1 aliphatic rings. The van der Waals surface area contributed by atoms with Crippen molar-refractivity contribution in [1.29, 1.82) is 0 Å². The highest BCUT2D eigenvalue weighted by Gasteiger charge is 2.18. The molecular weight excluding hydrogens is 264 g/mol. The van der Waals surface area contributed by atoms with Crippen LogP contribution in [0, 0.1) is 0 Å². The zero-order chi connectivity index (χ0) is 14.7. The van der Waals surface area contributed by atoms with E-state index < -0.39 is 5.97 Å². The van der Waals surface area contributed by atoms with Crippen molar-refractivity contribution < 1.29 is 9.53 Å². The number of benzene rings is 1. The van der Waals surface area contributed by atoms with Gasteiger partial charge in [0.15, 0.2) is 0 Å². The molecule has 0 bridgehead atoms. The standard InChI is InChI=1S/C17H18N2O2/c1-21-17(20)16-11-15(8-9-18-16)19-14-7-6-12-4-2-3-5-13(12)10-14/h2-5,8-9,11,14H,6-7,10H2,1H3,(H,18,19). The molecule has 1 atom stereocenters. The number of nitrogens with one attached hydrogen (secondary N) is 1. The molecule has 0 aliphatic heterocycles. The molecule has 2 aromatic rings. The van der Waals surface area contributed by atoms with E-state index in [-0.39, 0.29) is 0 Å². The molecule has 0 saturated heterocycles. The summed E-state index contributed by atoms with van der Waals surface area (Å²) in [5, 5.41) is 3.49. The van der Waals surface area contributed by atoms with E-state index in [1.165, 1.54) is 18.2 Å². The third kappa shape index (κ3) is 3.05. The second-order valence-electron chi connectivity index (χ2n) is 5.27. The molecule has 1 unspecified atom stereocenters. The molecule has 3 rings (SSSR count). The van der Waals surface area contributed by atoms with Crippen molar-refractivity contribution in [2.45, 2.75) is 25.3 Å². The Morgan fingerprint density at radius 2 is 2.10 bits per heavy atom. The van der Waals surface area contributed by atoms with Gasteiger partial charge in [-0.05, 0) is 42.5 Å². The second kappa shape index (κ2) is 5.95. The van der Waals surface area contributed by atoms with Crippen LogP contribution in [0.25, 0.3) is 0 Å². The van der Waals surface area contributed by atoms with Gasteiger partial charge in [0.1, 0.15) is 5.69 Å². The highest BCUT2D eigenvalue weighted by molar-refractivity contribution is 5.88. The van der Waals surface area contributed by atoms with Crippen molar-refractivity contribution in [3.8, 4) is 0 Å². The summed E-state index contributed by atoms with van der Waals surface area (Å²) >= 11 is 0. The highest BCUT2D eigenvalue weighted by atomic mass is 16.5. The minimum atomic E-state index is -0.410. The first kappa shape index (κ1) is 13.6. The lowest BCUT2D eigenvalue weighted by Crippen LogP contribution is -2.27. The summed E-state index contributed by atoms with van der Waals surface area (Å²) in [4.78, 5) is 15.5. The lowest BCUT2D eigenvalue weighted by Gasteiger charge is -2.26. The number of pyridine rings is 1. The van der Waals surface area contributed by atoms with Crippen LogP contribution in [-0.2, 0) is 17.6 Å². The molecule has 0 radical (unpaired) electrons. The lowest BCUT2D eigenvalue weighted by atomic mass is 9.88. The largest absolute Gasteiger partial charge is 0.464 e. The van der Waals surface area contributed by atoms with Gasteiger partial charge in [0.2, 0.25) is 0 Å². The van der Waals surface area contributed by atoms with Crippen LogP contribution in [0.4, 0.5) is 5.69 Å². The maximum absolute atomic E-state index is 11.5. The molecule has 1 heterocycles. The first-order valence-corrected chi connectivity index (χ1v) is 7.14. The van der Waals surface area contributed by atoms with Gasteiger partial charge < -0.3 is 10.1 Å². The normalized spacial score (nSPS) is 16.9. The molecule has 0 spiro atoms. The monoisotopic (exact) mass is 282 g/mol. The highest BCUT2D eigenvalue weighted by Crippen LogP contribution is 2.23. The summed E-state index contributed by atoms with van der Waals surface area (Å²) in [5.74, 6) is -0.410. The number of ether oxygens (including phenoxy) is 1. The van der Waals surface area contributed by atoms with Crippen molar-refractivity contribution in [2.75, 3.05) is 12.4 Å². The number of hydrogen-bond donors (Lipinski definition) is 1. The van der Waals surface area contributed by atoms with E-state index in [2.05, 4.69) is 34.6 Å². The van der Waals surface area contributed by atoms with Crippen LogP contribution in [0.15, 0.2) is 42.6 Å². The van der Waals surface area contributed by atoms with Crippen LogP contribution in [0.2, 0.25) is 0 Å². The summed E-state index contributed by atoms with van der Waals surface area (Å²) in [7, 11) is 1.36. The van der Waals surface area contributed by atoms with Crippen molar-refractivity contribution in [3.63, 3.8) is 0 Å². The number of aryl methyl sites for hydroxylation is 1. The fourth-order valence-corrected chi connectivity index (χ4v) is 2.79. The van der Waals surface area contributed by atoms with Gasteiger partial charge in [0.25, 0.3) is 0 Å². The Kier molecular flexibility index (Phi) is 3.86. The van der Waals surface area contributed by atoms with Crippen LogP contribution in [0.3, 0.4) is 0 Å². The smallest absolute Gasteiger partial charge is 0.356 e. The van der Waals surface area contributed by atoms with E-state index >= 15 is 0 Å². The Labute approximate surface area is 124 Å². The van der Waals surface area contributed by atoms with Gasteiger partial charge in [-0.1, -0.05) is 24.3 Å². The van der Waals surface area contributed by atoms with Crippen LogP contribution in [0.1, 0.15) is 28.0 Å². The Bertz CT molecular complexity index is 655. The third-order valence-corrected chi connectivity index (χ3v) is 3.87. The summed E-state index contributed by atoms with van der Waals surface area (Å²) < 4.78 is 4.70. The Morgan fingerprint density at radius 3 is 2.90 bits per heavy atom. The fourth-order valence-electron chi connectivity index (χ4n) is 2.79. The molecular formula is C17H18N2O2. The van der Waals surface area contributed by atoms with Gasteiger partial charge in [-0.2, -0.15) is 0 Å². The van der Waals surface area contributed by atoms with Crippen molar-refractivity contribution in [3.05, 3.63) is 59.4 Å². The maximum atomic E-state index is 11.5. The number of fused-ring (bicyclic) bond motifs is 1. The summed E-state index contributed by atoms with van der Waals surface area (Å²) in [6.45, 7) is 0. The summed E-state index contributed by atoms with van der Waals surface area (Å²) in [6, 6.07) is 12.6. The topological polar surface area (TPSA) is 51.2 Å². The predicted molar refractivity (Wildman–Crippen MR) is 81.5 cm³/mol. The predicted octanol–water partition coefficient (Wildman–Crippen LogP) is 2.84. The average molecular weight is 282 g/mol. The molecule has 4 heteroatoms. The third-order valence-electron chi connectivity index (χ3n) is 3.87. The first-order chi connectivity index (χ1) is 10.3. The Morgan fingerprint density at radius 1 is 1.29 bits per heavy atom. The molecule has 1 N–H and O–H groups in total. The molecule has 108 valence electrons. The van der Waals surface area contributed by atoms with Gasteiger partial charge in [-0.25, -0.2) is 9.78 Å². The molecule has 21 heavy (non-hydrogen) atoms. The van der Waals surface area contributed by atoms with E-state index in [9.17, 15) is 4.79 Å². The molecule has 0 amide bonds. The number of methoxy groups -OCH3 is 1. The molecule has 1 aliphatic carbocycles. The number of esters is 1. The number of anilines is 1. The fraction of sp³-hybridized carbons (Fsp3) is 0.294. The Balaban J connectivity index is 1.72. The lowest BCUT2D eigenvalue weighted by molar-refractivity contribution is 0.0594. The quantitative estimate of drug-likeness (QED) is 0.880. The van der Waals surface area contributed by atoms with E-state index in [0.29, 0.717) is 11.7 Å². The van der Waals surface area contributed by atoms with Gasteiger partial charge in [-0.3, -0.25) is 0 Å². The van der Waals surface area contributed by atoms with Crippen molar-refractivity contribution in [1.82, 2.24) is 4.98 Å². The van der Waals surface area contributed by atoms with Gasteiger partial charge in [-0.15, -0.1) is 0 Å². The zero-order valence-electron chi connectivity index (χ0n) is 12.0. The van der Waals surface area contributed by atoms with E-state index in [1.54, 1.807) is 12.3 Å². The molecule has 1 aromatic heterocycles. The number of carbonyl (C=O) groups is 1. The van der Waals surface area contributed by atoms with E-state index in [4.69, 9.17) is 4.74 Å². The van der Waals surface area contributed by atoms with Gasteiger partial charge in [0.05, 0.1) is 7.11 Å².